The monoisotopic (exact) mass is 424 g/mol. The third-order valence-electron chi connectivity index (χ3n) is 5.03. The Hall–Kier alpha value is -2.87. The Balaban J connectivity index is 1.46. The van der Waals surface area contributed by atoms with Gasteiger partial charge in [-0.1, -0.05) is 17.7 Å². The summed E-state index contributed by atoms with van der Waals surface area (Å²) in [6.45, 7) is 0.917. The maximum Gasteiger partial charge on any atom is 0.586 e. The lowest BCUT2D eigenvalue weighted by Crippen LogP contribution is -2.30. The molecule has 3 aromatic rings. The predicted molar refractivity (Wildman–Crippen MR) is 98.6 cm³/mol. The molecule has 5 rings (SSSR count). The molecule has 1 N–H and O–H groups in total. The van der Waals surface area contributed by atoms with Gasteiger partial charge in [0.2, 0.25) is 0 Å². The maximum atomic E-state index is 14.1. The molecule has 0 bridgehead atoms. The van der Waals surface area contributed by atoms with E-state index in [1.165, 1.54) is 30.3 Å². The number of fused-ring (bicyclic) bond motifs is 2. The molecule has 1 aromatic heterocycles. The van der Waals surface area contributed by atoms with Crippen molar-refractivity contribution in [1.82, 2.24) is 4.98 Å². The topological polar surface area (TPSA) is 37.5 Å². The van der Waals surface area contributed by atoms with Crippen LogP contribution in [0, 0.1) is 11.6 Å². The molecule has 0 radical (unpaired) electrons. The van der Waals surface area contributed by atoms with Crippen LogP contribution in [0.3, 0.4) is 0 Å². The van der Waals surface area contributed by atoms with E-state index >= 15 is 0 Å². The van der Waals surface area contributed by atoms with E-state index in [-0.39, 0.29) is 22.1 Å². The van der Waals surface area contributed by atoms with Crippen molar-refractivity contribution in [3.05, 3.63) is 64.3 Å². The molecule has 0 spiro atoms. The van der Waals surface area contributed by atoms with E-state index in [9.17, 15) is 17.6 Å². The Bertz CT molecular complexity index is 1110. The summed E-state index contributed by atoms with van der Waals surface area (Å²) in [4.78, 5) is 4.98. The lowest BCUT2D eigenvalue weighted by atomic mass is 10.1. The van der Waals surface area contributed by atoms with E-state index in [1.807, 2.05) is 4.90 Å². The van der Waals surface area contributed by atoms with Crippen molar-refractivity contribution in [3.63, 3.8) is 0 Å². The number of aromatic nitrogens is 1. The van der Waals surface area contributed by atoms with E-state index in [0.717, 1.165) is 11.3 Å². The molecular weight excluding hydrogens is 412 g/mol. The summed E-state index contributed by atoms with van der Waals surface area (Å²) >= 11 is 6.28. The number of aromatic amines is 1. The molecule has 0 saturated carbocycles. The molecule has 150 valence electrons. The van der Waals surface area contributed by atoms with Crippen LogP contribution in [0.2, 0.25) is 5.02 Å². The molecule has 0 aliphatic carbocycles. The zero-order chi connectivity index (χ0) is 20.3. The van der Waals surface area contributed by atoms with Crippen molar-refractivity contribution in [2.24, 2.45) is 0 Å². The number of hydrogen-bond acceptors (Lipinski definition) is 3. The van der Waals surface area contributed by atoms with E-state index in [2.05, 4.69) is 14.5 Å². The summed E-state index contributed by atoms with van der Waals surface area (Å²) in [5.74, 6) is -1.52. The molecule has 2 aliphatic rings. The lowest BCUT2D eigenvalue weighted by Gasteiger charge is -2.29. The summed E-state index contributed by atoms with van der Waals surface area (Å²) in [5.41, 5.74) is 2.45. The Labute approximate surface area is 167 Å². The SMILES string of the molecule is Fc1cccc(F)c1-c1cc2c([nH]1)CCN(c1cc3c(cc1Cl)OC(F)(F)O3)C2. The Kier molecular flexibility index (Phi) is 3.96. The van der Waals surface area contributed by atoms with Crippen LogP contribution in [0.5, 0.6) is 11.5 Å². The molecule has 2 aromatic carbocycles. The number of anilines is 1. The molecule has 9 heteroatoms. The Morgan fingerprint density at radius 3 is 2.45 bits per heavy atom. The van der Waals surface area contributed by atoms with Gasteiger partial charge >= 0.3 is 6.29 Å². The molecule has 4 nitrogen and oxygen atoms in total. The highest BCUT2D eigenvalue weighted by atomic mass is 35.5. The number of nitrogens with zero attached hydrogens (tertiary/aromatic N) is 1. The number of rotatable bonds is 2. The average Bonchev–Trinajstić information content (AvgIpc) is 3.18. The molecule has 0 amide bonds. The summed E-state index contributed by atoms with van der Waals surface area (Å²) in [6.07, 6.45) is -3.16. The Morgan fingerprint density at radius 2 is 1.72 bits per heavy atom. The fourth-order valence-electron chi connectivity index (χ4n) is 3.73. The van der Waals surface area contributed by atoms with Gasteiger partial charge in [0, 0.05) is 37.3 Å². The van der Waals surface area contributed by atoms with Crippen molar-refractivity contribution >= 4 is 17.3 Å². The second-order valence-electron chi connectivity index (χ2n) is 6.87. The summed E-state index contributed by atoms with van der Waals surface area (Å²) in [5, 5.41) is 0.240. The van der Waals surface area contributed by atoms with Gasteiger partial charge in [-0.15, -0.1) is 8.78 Å². The van der Waals surface area contributed by atoms with Crippen molar-refractivity contribution in [3.8, 4) is 22.8 Å². The van der Waals surface area contributed by atoms with E-state index in [0.29, 0.717) is 30.9 Å². The van der Waals surface area contributed by atoms with Crippen LogP contribution in [-0.4, -0.2) is 17.8 Å². The van der Waals surface area contributed by atoms with Gasteiger partial charge in [0.05, 0.1) is 22.0 Å². The smallest absolute Gasteiger partial charge is 0.395 e. The van der Waals surface area contributed by atoms with Gasteiger partial charge in [-0.05, 0) is 23.8 Å². The van der Waals surface area contributed by atoms with Gasteiger partial charge in [-0.25, -0.2) is 8.78 Å². The fourth-order valence-corrected chi connectivity index (χ4v) is 4.01. The molecule has 29 heavy (non-hydrogen) atoms. The number of H-pyrrole nitrogens is 1. The molecule has 2 aliphatic heterocycles. The molecular formula is C20H13ClF4N2O2. The highest BCUT2D eigenvalue weighted by Crippen LogP contribution is 2.46. The minimum atomic E-state index is -3.72. The zero-order valence-electron chi connectivity index (χ0n) is 14.7. The highest BCUT2D eigenvalue weighted by Gasteiger charge is 2.44. The van der Waals surface area contributed by atoms with Crippen molar-refractivity contribution in [1.29, 1.82) is 0 Å². The number of benzene rings is 2. The van der Waals surface area contributed by atoms with Gasteiger partial charge in [-0.3, -0.25) is 0 Å². The van der Waals surface area contributed by atoms with Crippen LogP contribution in [0.15, 0.2) is 36.4 Å². The lowest BCUT2D eigenvalue weighted by molar-refractivity contribution is -0.286. The first kappa shape index (κ1) is 18.2. The second-order valence-corrected chi connectivity index (χ2v) is 7.28. The van der Waals surface area contributed by atoms with Gasteiger partial charge in [0.25, 0.3) is 0 Å². The highest BCUT2D eigenvalue weighted by molar-refractivity contribution is 6.33. The van der Waals surface area contributed by atoms with Gasteiger partial charge in [-0.2, -0.15) is 0 Å². The van der Waals surface area contributed by atoms with Crippen LogP contribution in [0.25, 0.3) is 11.3 Å². The van der Waals surface area contributed by atoms with Crippen LogP contribution in [-0.2, 0) is 13.0 Å². The molecule has 0 fully saturated rings. The number of alkyl halides is 2. The first-order chi connectivity index (χ1) is 13.8. The maximum absolute atomic E-state index is 14.1. The van der Waals surface area contributed by atoms with Crippen molar-refractivity contribution in [2.75, 3.05) is 11.4 Å². The normalized spacial score (nSPS) is 16.8. The van der Waals surface area contributed by atoms with E-state index in [1.54, 1.807) is 6.07 Å². The van der Waals surface area contributed by atoms with Crippen LogP contribution in [0.1, 0.15) is 11.3 Å². The number of ether oxygens (including phenoxy) is 2. The fraction of sp³-hybridized carbons (Fsp3) is 0.200. The average molecular weight is 425 g/mol. The number of halogens is 5. The first-order valence-corrected chi connectivity index (χ1v) is 9.18. The summed E-state index contributed by atoms with van der Waals surface area (Å²) in [6, 6.07) is 8.11. The van der Waals surface area contributed by atoms with Crippen molar-refractivity contribution in [2.45, 2.75) is 19.3 Å². The van der Waals surface area contributed by atoms with E-state index in [4.69, 9.17) is 11.6 Å². The number of hydrogen-bond donors (Lipinski definition) is 1. The molecule has 3 heterocycles. The van der Waals surface area contributed by atoms with E-state index < -0.39 is 17.9 Å². The quantitative estimate of drug-likeness (QED) is 0.552. The van der Waals surface area contributed by atoms with Gasteiger partial charge in [0.15, 0.2) is 11.5 Å². The molecule has 0 unspecified atom stereocenters. The van der Waals surface area contributed by atoms with Gasteiger partial charge < -0.3 is 19.4 Å². The van der Waals surface area contributed by atoms with Crippen LogP contribution < -0.4 is 14.4 Å². The van der Waals surface area contributed by atoms with Crippen LogP contribution in [0.4, 0.5) is 23.2 Å². The summed E-state index contributed by atoms with van der Waals surface area (Å²) < 4.78 is 63.7. The third-order valence-corrected chi connectivity index (χ3v) is 5.33. The molecule has 0 atom stereocenters. The molecule has 0 saturated heterocycles. The minimum absolute atomic E-state index is 0.0941. The zero-order valence-corrected chi connectivity index (χ0v) is 15.5. The van der Waals surface area contributed by atoms with Crippen molar-refractivity contribution < 1.29 is 27.0 Å². The van der Waals surface area contributed by atoms with Crippen LogP contribution >= 0.6 is 11.6 Å². The Morgan fingerprint density at radius 1 is 1.03 bits per heavy atom. The predicted octanol–water partition coefficient (Wildman–Crippen LogP) is 5.50. The third kappa shape index (κ3) is 3.07. The number of nitrogens with one attached hydrogen (secondary N) is 1. The largest absolute Gasteiger partial charge is 0.586 e. The summed E-state index contributed by atoms with van der Waals surface area (Å²) in [7, 11) is 0. The standard InChI is InChI=1S/C20H13ClF4N2O2/c21-11-7-17-18(29-20(24,25)28-17)8-16(11)27-5-4-14-10(9-27)6-15(26-14)19-12(22)2-1-3-13(19)23/h1-3,6-8,26H,4-5,9H2. The minimum Gasteiger partial charge on any atom is -0.395 e. The second kappa shape index (κ2) is 6.32. The first-order valence-electron chi connectivity index (χ1n) is 8.80. The van der Waals surface area contributed by atoms with Gasteiger partial charge in [0.1, 0.15) is 11.6 Å².